The molecular formula is C19H23N3O2S. The largest absolute Gasteiger partial charge is 0.431 e. The zero-order chi connectivity index (χ0) is 17.4. The minimum atomic E-state index is 0.00208. The van der Waals surface area contributed by atoms with Crippen molar-refractivity contribution < 1.29 is 9.53 Å². The van der Waals surface area contributed by atoms with Crippen LogP contribution in [-0.2, 0) is 0 Å². The summed E-state index contributed by atoms with van der Waals surface area (Å²) in [5.74, 6) is 1.31. The zero-order valence-electron chi connectivity index (χ0n) is 14.6. The third-order valence-electron chi connectivity index (χ3n) is 5.40. The van der Waals surface area contributed by atoms with E-state index in [1.54, 1.807) is 0 Å². The van der Waals surface area contributed by atoms with Gasteiger partial charge >= 0.3 is 0 Å². The first-order chi connectivity index (χ1) is 12.1. The van der Waals surface area contributed by atoms with Gasteiger partial charge in [-0.25, -0.2) is 4.98 Å². The number of thiazole rings is 1. The predicted molar refractivity (Wildman–Crippen MR) is 98.4 cm³/mol. The standard InChI is InChI=1S/C19H23N3O2S/c1-12-11-25-19(20-12)24-16-5-3-15(4-6-16)18(23)21-17-13(2)22-9-7-14(17)8-10-22/h3-6,11,13-14,17H,7-10H2,1-2H3,(H,21,23)/t13-,17-/m0/s1. The molecule has 0 unspecified atom stereocenters. The number of benzene rings is 1. The molecule has 5 nitrogen and oxygen atoms in total. The van der Waals surface area contributed by atoms with E-state index in [9.17, 15) is 4.79 Å². The maximum atomic E-state index is 12.6. The fourth-order valence-corrected chi connectivity index (χ4v) is 4.60. The number of aromatic nitrogens is 1. The maximum absolute atomic E-state index is 12.6. The molecule has 132 valence electrons. The van der Waals surface area contributed by atoms with E-state index in [1.807, 2.05) is 36.6 Å². The van der Waals surface area contributed by atoms with Crippen LogP contribution in [0.3, 0.4) is 0 Å². The van der Waals surface area contributed by atoms with E-state index < -0.39 is 0 Å². The molecule has 0 radical (unpaired) electrons. The van der Waals surface area contributed by atoms with Gasteiger partial charge in [0.2, 0.25) is 0 Å². The van der Waals surface area contributed by atoms with Crippen LogP contribution in [-0.4, -0.2) is 41.0 Å². The van der Waals surface area contributed by atoms with Crippen LogP contribution in [0.5, 0.6) is 10.9 Å². The predicted octanol–water partition coefficient (Wildman–Crippen LogP) is 3.46. The van der Waals surface area contributed by atoms with Crippen LogP contribution < -0.4 is 10.1 Å². The van der Waals surface area contributed by atoms with Crippen LogP contribution >= 0.6 is 11.3 Å². The molecule has 3 aliphatic heterocycles. The molecule has 0 saturated carbocycles. The quantitative estimate of drug-likeness (QED) is 0.910. The fraction of sp³-hybridized carbons (Fsp3) is 0.474. The number of nitrogens with one attached hydrogen (secondary N) is 1. The molecule has 0 spiro atoms. The van der Waals surface area contributed by atoms with E-state index in [-0.39, 0.29) is 11.9 Å². The van der Waals surface area contributed by atoms with Gasteiger partial charge in [0.1, 0.15) is 5.75 Å². The number of aryl methyl sites for hydroxylation is 1. The average Bonchev–Trinajstić information content (AvgIpc) is 3.04. The van der Waals surface area contributed by atoms with Gasteiger partial charge in [0, 0.05) is 23.0 Å². The first-order valence-electron chi connectivity index (χ1n) is 8.85. The Morgan fingerprint density at radius 2 is 2.00 bits per heavy atom. The summed E-state index contributed by atoms with van der Waals surface area (Å²) in [5, 5.41) is 5.83. The summed E-state index contributed by atoms with van der Waals surface area (Å²) in [6.45, 7) is 6.50. The molecule has 2 atom stereocenters. The molecule has 1 aromatic heterocycles. The van der Waals surface area contributed by atoms with Gasteiger partial charge in [-0.15, -0.1) is 0 Å². The number of hydrogen-bond donors (Lipinski definition) is 1. The van der Waals surface area contributed by atoms with Gasteiger partial charge in [-0.1, -0.05) is 11.3 Å². The first kappa shape index (κ1) is 16.5. The lowest BCUT2D eigenvalue weighted by Crippen LogP contribution is -2.62. The highest BCUT2D eigenvalue weighted by atomic mass is 32.1. The number of hydrogen-bond acceptors (Lipinski definition) is 5. The van der Waals surface area contributed by atoms with E-state index in [1.165, 1.54) is 37.3 Å². The van der Waals surface area contributed by atoms with Gasteiger partial charge in [0.15, 0.2) is 0 Å². The Bertz CT molecular complexity index is 748. The van der Waals surface area contributed by atoms with Gasteiger partial charge in [0.05, 0.1) is 5.69 Å². The number of ether oxygens (including phenoxy) is 1. The Kier molecular flexibility index (Phi) is 4.48. The molecule has 0 aliphatic carbocycles. The van der Waals surface area contributed by atoms with Gasteiger partial charge in [0.25, 0.3) is 11.1 Å². The number of carbonyl (C=O) groups excluding carboxylic acids is 1. The summed E-state index contributed by atoms with van der Waals surface area (Å²) in [6.07, 6.45) is 2.38. The SMILES string of the molecule is Cc1csc(Oc2ccc(C(=O)N[C@@H]3C4CCN(CC4)[C@H]3C)cc2)n1. The Morgan fingerprint density at radius 3 is 2.60 bits per heavy atom. The first-order valence-corrected chi connectivity index (χ1v) is 9.73. The molecule has 5 rings (SSSR count). The number of fused-ring (bicyclic) bond motifs is 3. The molecule has 1 aromatic carbocycles. The minimum Gasteiger partial charge on any atom is -0.431 e. The van der Waals surface area contributed by atoms with Crippen LogP contribution in [0.2, 0.25) is 0 Å². The number of nitrogens with zero attached hydrogens (tertiary/aromatic N) is 2. The van der Waals surface area contributed by atoms with Gasteiger partial charge in [-0.2, -0.15) is 0 Å². The van der Waals surface area contributed by atoms with Gasteiger partial charge in [-0.3, -0.25) is 9.69 Å². The number of rotatable bonds is 4. The van der Waals surface area contributed by atoms with Crippen LogP contribution in [0.15, 0.2) is 29.6 Å². The molecule has 2 bridgehead atoms. The van der Waals surface area contributed by atoms with E-state index in [4.69, 9.17) is 4.74 Å². The smallest absolute Gasteiger partial charge is 0.278 e. The number of carbonyl (C=O) groups is 1. The van der Waals surface area contributed by atoms with Crippen molar-refractivity contribution in [2.75, 3.05) is 13.1 Å². The lowest BCUT2D eigenvalue weighted by Gasteiger charge is -2.49. The second kappa shape index (κ2) is 6.77. The van der Waals surface area contributed by atoms with Gasteiger partial charge < -0.3 is 10.1 Å². The molecule has 1 amide bonds. The minimum absolute atomic E-state index is 0.00208. The monoisotopic (exact) mass is 357 g/mol. The molecular weight excluding hydrogens is 334 g/mol. The Morgan fingerprint density at radius 1 is 1.28 bits per heavy atom. The van der Waals surface area contributed by atoms with Crippen molar-refractivity contribution in [2.45, 2.75) is 38.8 Å². The summed E-state index contributed by atoms with van der Waals surface area (Å²) < 4.78 is 5.71. The van der Waals surface area contributed by atoms with Crippen molar-refractivity contribution in [3.8, 4) is 10.9 Å². The summed E-state index contributed by atoms with van der Waals surface area (Å²) in [6, 6.07) is 7.96. The van der Waals surface area contributed by atoms with Crippen molar-refractivity contribution in [1.82, 2.24) is 15.2 Å². The summed E-state index contributed by atoms with van der Waals surface area (Å²) >= 11 is 1.47. The summed E-state index contributed by atoms with van der Waals surface area (Å²) in [4.78, 5) is 19.4. The van der Waals surface area contributed by atoms with E-state index >= 15 is 0 Å². The second-order valence-electron chi connectivity index (χ2n) is 6.99. The van der Waals surface area contributed by atoms with Crippen LogP contribution in [0.1, 0.15) is 35.8 Å². The second-order valence-corrected chi connectivity index (χ2v) is 7.82. The van der Waals surface area contributed by atoms with E-state index in [2.05, 4.69) is 22.1 Å². The molecule has 3 fully saturated rings. The van der Waals surface area contributed by atoms with Crippen LogP contribution in [0, 0.1) is 12.8 Å². The van der Waals surface area contributed by atoms with Crippen LogP contribution in [0.4, 0.5) is 0 Å². The highest BCUT2D eigenvalue weighted by Gasteiger charge is 2.40. The summed E-state index contributed by atoms with van der Waals surface area (Å²) in [5.41, 5.74) is 1.62. The maximum Gasteiger partial charge on any atom is 0.278 e. The fourth-order valence-electron chi connectivity index (χ4n) is 3.93. The lowest BCUT2D eigenvalue weighted by molar-refractivity contribution is 0.0217. The normalized spacial score (nSPS) is 27.9. The molecule has 2 aromatic rings. The average molecular weight is 357 g/mol. The Balaban J connectivity index is 1.40. The summed E-state index contributed by atoms with van der Waals surface area (Å²) in [7, 11) is 0. The molecule has 1 N–H and O–H groups in total. The Hall–Kier alpha value is -1.92. The van der Waals surface area contributed by atoms with Crippen molar-refractivity contribution >= 4 is 17.2 Å². The number of piperidine rings is 3. The molecule has 3 saturated heterocycles. The Labute approximate surface area is 152 Å². The highest BCUT2D eigenvalue weighted by Crippen LogP contribution is 2.32. The van der Waals surface area contributed by atoms with Crippen molar-refractivity contribution in [1.29, 1.82) is 0 Å². The zero-order valence-corrected chi connectivity index (χ0v) is 15.4. The highest BCUT2D eigenvalue weighted by molar-refractivity contribution is 7.11. The third kappa shape index (κ3) is 3.41. The molecule has 3 aliphatic rings. The van der Waals surface area contributed by atoms with Crippen molar-refractivity contribution in [2.24, 2.45) is 5.92 Å². The van der Waals surface area contributed by atoms with Crippen LogP contribution in [0.25, 0.3) is 0 Å². The molecule has 25 heavy (non-hydrogen) atoms. The molecule has 4 heterocycles. The van der Waals surface area contributed by atoms with Crippen molar-refractivity contribution in [3.63, 3.8) is 0 Å². The molecule has 6 heteroatoms. The number of amides is 1. The lowest BCUT2D eigenvalue weighted by atomic mass is 9.79. The van der Waals surface area contributed by atoms with E-state index in [0.29, 0.717) is 28.5 Å². The van der Waals surface area contributed by atoms with Gasteiger partial charge in [-0.05, 0) is 70.0 Å². The van der Waals surface area contributed by atoms with Crippen molar-refractivity contribution in [3.05, 3.63) is 40.9 Å². The van der Waals surface area contributed by atoms with E-state index in [0.717, 1.165) is 5.69 Å². The topological polar surface area (TPSA) is 54.5 Å². The third-order valence-corrected chi connectivity index (χ3v) is 6.23.